The summed E-state index contributed by atoms with van der Waals surface area (Å²) in [6.45, 7) is 4.90. The molecule has 1 aromatic rings. The van der Waals surface area contributed by atoms with Gasteiger partial charge in [-0.15, -0.1) is 0 Å². The van der Waals surface area contributed by atoms with E-state index in [1.807, 2.05) is 20.9 Å². The van der Waals surface area contributed by atoms with E-state index < -0.39 is 5.60 Å². The number of hydrogen-bond donors (Lipinski definition) is 2. The summed E-state index contributed by atoms with van der Waals surface area (Å²) in [5, 5.41) is 19.1. The number of nitrogens with zero attached hydrogens (tertiary/aromatic N) is 2. The molecule has 2 atom stereocenters. The quantitative estimate of drug-likeness (QED) is 0.892. The lowest BCUT2D eigenvalue weighted by molar-refractivity contribution is 0.0370. The van der Waals surface area contributed by atoms with Crippen LogP contribution in [0.4, 0.5) is 0 Å². The lowest BCUT2D eigenvalue weighted by atomic mass is 9.87. The van der Waals surface area contributed by atoms with E-state index in [0.717, 1.165) is 30.6 Å². The first-order valence-electron chi connectivity index (χ1n) is 7.03. The van der Waals surface area contributed by atoms with E-state index in [0.29, 0.717) is 17.6 Å². The minimum atomic E-state index is -0.744. The molecule has 1 fully saturated rings. The fourth-order valence-electron chi connectivity index (χ4n) is 2.96. The third-order valence-electron chi connectivity index (χ3n) is 3.93. The molecule has 0 aliphatic carbocycles. The molecular formula is C14H24ClN3O. The first-order valence-corrected chi connectivity index (χ1v) is 7.40. The molecule has 2 rings (SSSR count). The number of aliphatic hydroxyl groups is 1. The Balaban J connectivity index is 2.03. The van der Waals surface area contributed by atoms with E-state index in [9.17, 15) is 5.11 Å². The SMILES string of the molecule is Cc1nn(C)c(Cl)c1CC(C)(O)CC1CCCCN1. The molecule has 1 aliphatic rings. The van der Waals surface area contributed by atoms with Crippen LogP contribution in [0, 0.1) is 6.92 Å². The molecule has 0 aromatic carbocycles. The largest absolute Gasteiger partial charge is 0.390 e. The summed E-state index contributed by atoms with van der Waals surface area (Å²) in [5.74, 6) is 0. The topological polar surface area (TPSA) is 50.1 Å². The highest BCUT2D eigenvalue weighted by Crippen LogP contribution is 2.27. The number of halogens is 1. The predicted octanol–water partition coefficient (Wildman–Crippen LogP) is 2.21. The van der Waals surface area contributed by atoms with E-state index in [1.165, 1.54) is 12.8 Å². The Labute approximate surface area is 120 Å². The Bertz CT molecular complexity index is 436. The van der Waals surface area contributed by atoms with E-state index in [2.05, 4.69) is 10.4 Å². The zero-order valence-electron chi connectivity index (χ0n) is 12.0. The normalized spacial score (nSPS) is 23.3. The van der Waals surface area contributed by atoms with Crippen LogP contribution in [-0.4, -0.2) is 33.1 Å². The van der Waals surface area contributed by atoms with Crippen LogP contribution in [0.2, 0.25) is 5.15 Å². The molecule has 2 heterocycles. The van der Waals surface area contributed by atoms with Gasteiger partial charge in [-0.25, -0.2) is 0 Å². The number of aryl methyl sites for hydroxylation is 2. The lowest BCUT2D eigenvalue weighted by Gasteiger charge is -2.31. The lowest BCUT2D eigenvalue weighted by Crippen LogP contribution is -2.42. The zero-order chi connectivity index (χ0) is 14.0. The Morgan fingerprint density at radius 2 is 2.26 bits per heavy atom. The average Bonchev–Trinajstić information content (AvgIpc) is 2.56. The van der Waals surface area contributed by atoms with Gasteiger partial charge in [-0.2, -0.15) is 5.10 Å². The fourth-order valence-corrected chi connectivity index (χ4v) is 3.20. The summed E-state index contributed by atoms with van der Waals surface area (Å²) in [7, 11) is 1.83. The van der Waals surface area contributed by atoms with Gasteiger partial charge in [0.2, 0.25) is 0 Å². The summed E-state index contributed by atoms with van der Waals surface area (Å²) in [5.41, 5.74) is 1.13. The summed E-state index contributed by atoms with van der Waals surface area (Å²) < 4.78 is 1.67. The molecule has 0 spiro atoms. The van der Waals surface area contributed by atoms with Gasteiger partial charge in [0.25, 0.3) is 0 Å². The van der Waals surface area contributed by atoms with E-state index in [4.69, 9.17) is 11.6 Å². The van der Waals surface area contributed by atoms with Crippen LogP contribution in [0.3, 0.4) is 0 Å². The number of rotatable bonds is 4. The molecule has 0 bridgehead atoms. The van der Waals surface area contributed by atoms with Crippen molar-refractivity contribution in [2.45, 2.75) is 57.6 Å². The first kappa shape index (κ1) is 14.8. The van der Waals surface area contributed by atoms with Gasteiger partial charge in [-0.3, -0.25) is 4.68 Å². The molecule has 0 saturated carbocycles. The zero-order valence-corrected chi connectivity index (χ0v) is 12.8. The van der Waals surface area contributed by atoms with Gasteiger partial charge in [-0.05, 0) is 39.7 Å². The smallest absolute Gasteiger partial charge is 0.130 e. The van der Waals surface area contributed by atoms with Crippen molar-refractivity contribution >= 4 is 11.6 Å². The summed E-state index contributed by atoms with van der Waals surface area (Å²) in [6.07, 6.45) is 4.96. The third-order valence-corrected chi connectivity index (χ3v) is 4.40. The van der Waals surface area contributed by atoms with Crippen molar-refractivity contribution in [3.8, 4) is 0 Å². The van der Waals surface area contributed by atoms with Crippen molar-refractivity contribution in [3.63, 3.8) is 0 Å². The van der Waals surface area contributed by atoms with Crippen molar-refractivity contribution in [1.82, 2.24) is 15.1 Å². The number of hydrogen-bond acceptors (Lipinski definition) is 3. The maximum absolute atomic E-state index is 10.6. The average molecular weight is 286 g/mol. The van der Waals surface area contributed by atoms with Crippen LogP contribution in [0.25, 0.3) is 0 Å². The van der Waals surface area contributed by atoms with E-state index in [-0.39, 0.29) is 0 Å². The minimum Gasteiger partial charge on any atom is -0.390 e. The van der Waals surface area contributed by atoms with Gasteiger partial charge in [0, 0.05) is 25.1 Å². The molecule has 4 nitrogen and oxygen atoms in total. The third kappa shape index (κ3) is 3.71. The second-order valence-corrected chi connectivity index (χ2v) is 6.36. The molecule has 5 heteroatoms. The van der Waals surface area contributed by atoms with Gasteiger partial charge < -0.3 is 10.4 Å². The van der Waals surface area contributed by atoms with E-state index >= 15 is 0 Å². The predicted molar refractivity (Wildman–Crippen MR) is 77.5 cm³/mol. The van der Waals surface area contributed by atoms with E-state index in [1.54, 1.807) is 4.68 Å². The highest BCUT2D eigenvalue weighted by molar-refractivity contribution is 6.30. The highest BCUT2D eigenvalue weighted by atomic mass is 35.5. The minimum absolute atomic E-state index is 0.416. The van der Waals surface area contributed by atoms with Gasteiger partial charge in [0.15, 0.2) is 0 Å². The number of aromatic nitrogens is 2. The van der Waals surface area contributed by atoms with Gasteiger partial charge in [0.05, 0.1) is 11.3 Å². The van der Waals surface area contributed by atoms with Crippen LogP contribution in [0.5, 0.6) is 0 Å². The van der Waals surface area contributed by atoms with Gasteiger partial charge in [0.1, 0.15) is 5.15 Å². The van der Waals surface area contributed by atoms with Crippen LogP contribution in [0.15, 0.2) is 0 Å². The Morgan fingerprint density at radius 3 is 2.79 bits per heavy atom. The van der Waals surface area contributed by atoms with Crippen molar-refractivity contribution < 1.29 is 5.11 Å². The molecule has 2 unspecified atom stereocenters. The van der Waals surface area contributed by atoms with Crippen molar-refractivity contribution in [1.29, 1.82) is 0 Å². The second-order valence-electron chi connectivity index (χ2n) is 6.00. The molecule has 2 N–H and O–H groups in total. The van der Waals surface area contributed by atoms with Gasteiger partial charge in [-0.1, -0.05) is 18.0 Å². The molecule has 0 radical (unpaired) electrons. The molecule has 108 valence electrons. The second kappa shape index (κ2) is 5.81. The summed E-state index contributed by atoms with van der Waals surface area (Å²) in [4.78, 5) is 0. The van der Waals surface area contributed by atoms with Crippen LogP contribution >= 0.6 is 11.6 Å². The van der Waals surface area contributed by atoms with Crippen LogP contribution in [-0.2, 0) is 13.5 Å². The Morgan fingerprint density at radius 1 is 1.53 bits per heavy atom. The molecule has 1 aliphatic heterocycles. The Hall–Kier alpha value is -0.580. The van der Waals surface area contributed by atoms with Crippen molar-refractivity contribution in [2.75, 3.05) is 6.54 Å². The number of piperidine rings is 1. The molecule has 1 aromatic heterocycles. The Kier molecular flexibility index (Phi) is 4.54. The van der Waals surface area contributed by atoms with Gasteiger partial charge >= 0.3 is 0 Å². The van der Waals surface area contributed by atoms with Crippen molar-refractivity contribution in [2.24, 2.45) is 7.05 Å². The fraction of sp³-hybridized carbons (Fsp3) is 0.786. The first-order chi connectivity index (χ1) is 8.89. The molecule has 0 amide bonds. The van der Waals surface area contributed by atoms with Crippen LogP contribution < -0.4 is 5.32 Å². The van der Waals surface area contributed by atoms with Crippen molar-refractivity contribution in [3.05, 3.63) is 16.4 Å². The highest BCUT2D eigenvalue weighted by Gasteiger charge is 2.29. The van der Waals surface area contributed by atoms with Crippen LogP contribution in [0.1, 0.15) is 43.9 Å². The molecule has 1 saturated heterocycles. The standard InChI is InChI=1S/C14H24ClN3O/c1-10-12(13(15)18(3)17-10)9-14(2,19)8-11-6-4-5-7-16-11/h11,16,19H,4-9H2,1-3H3. The molecule has 19 heavy (non-hydrogen) atoms. The molecular weight excluding hydrogens is 262 g/mol. The summed E-state index contributed by atoms with van der Waals surface area (Å²) >= 11 is 6.24. The maximum Gasteiger partial charge on any atom is 0.130 e. The summed E-state index contributed by atoms with van der Waals surface area (Å²) in [6, 6.07) is 0.416. The monoisotopic (exact) mass is 285 g/mol. The maximum atomic E-state index is 10.6. The number of nitrogens with one attached hydrogen (secondary N) is 1.